The van der Waals surface area contributed by atoms with Gasteiger partial charge >= 0.3 is 0 Å². The van der Waals surface area contributed by atoms with Gasteiger partial charge in [-0.25, -0.2) is 0 Å². The highest BCUT2D eigenvalue weighted by Crippen LogP contribution is 2.38. The Labute approximate surface area is 109 Å². The van der Waals surface area contributed by atoms with Crippen molar-refractivity contribution in [1.82, 2.24) is 4.90 Å². The highest BCUT2D eigenvalue weighted by molar-refractivity contribution is 5.46. The van der Waals surface area contributed by atoms with E-state index in [1.165, 1.54) is 18.5 Å². The van der Waals surface area contributed by atoms with Gasteiger partial charge in [0.1, 0.15) is 0 Å². The van der Waals surface area contributed by atoms with Crippen LogP contribution >= 0.6 is 0 Å². The molecule has 0 bridgehead atoms. The molecule has 98 valence electrons. The third-order valence-corrected chi connectivity index (χ3v) is 4.33. The lowest BCUT2D eigenvalue weighted by Crippen LogP contribution is -2.48. The quantitative estimate of drug-likeness (QED) is 0.853. The van der Waals surface area contributed by atoms with Crippen molar-refractivity contribution in [2.75, 3.05) is 18.4 Å². The van der Waals surface area contributed by atoms with Gasteiger partial charge in [0.25, 0.3) is 0 Å². The number of nitrogens with two attached hydrogens (primary N) is 1. The minimum atomic E-state index is 0.0589. The third-order valence-electron chi connectivity index (χ3n) is 4.33. The molecule has 3 rings (SSSR count). The van der Waals surface area contributed by atoms with E-state index in [2.05, 4.69) is 41.4 Å². The molecule has 1 saturated heterocycles. The summed E-state index contributed by atoms with van der Waals surface area (Å²) in [5, 5.41) is 3.68. The fourth-order valence-corrected chi connectivity index (χ4v) is 3.26. The predicted molar refractivity (Wildman–Crippen MR) is 75.7 cm³/mol. The smallest absolute Gasteiger partial charge is 0.0637 e. The Morgan fingerprint density at radius 1 is 1.33 bits per heavy atom. The SMILES string of the molecule is CC1CC(CN)(Nc2ccccc2)CN1C1CC1. The molecule has 1 aromatic rings. The van der Waals surface area contributed by atoms with Gasteiger partial charge in [-0.15, -0.1) is 0 Å². The van der Waals surface area contributed by atoms with Gasteiger partial charge in [0, 0.05) is 30.9 Å². The molecule has 2 atom stereocenters. The Kier molecular flexibility index (Phi) is 3.04. The Morgan fingerprint density at radius 2 is 2.06 bits per heavy atom. The monoisotopic (exact) mass is 245 g/mol. The van der Waals surface area contributed by atoms with Crippen molar-refractivity contribution in [2.24, 2.45) is 5.73 Å². The first-order chi connectivity index (χ1) is 8.72. The second kappa shape index (κ2) is 4.56. The fourth-order valence-electron chi connectivity index (χ4n) is 3.26. The Morgan fingerprint density at radius 3 is 2.67 bits per heavy atom. The highest BCUT2D eigenvalue weighted by atomic mass is 15.3. The maximum atomic E-state index is 6.07. The number of para-hydroxylation sites is 1. The number of nitrogens with zero attached hydrogens (tertiary/aromatic N) is 1. The third kappa shape index (κ3) is 2.25. The van der Waals surface area contributed by atoms with Crippen LogP contribution in [-0.4, -0.2) is 35.6 Å². The lowest BCUT2D eigenvalue weighted by atomic mass is 9.96. The topological polar surface area (TPSA) is 41.3 Å². The molecule has 1 saturated carbocycles. The number of rotatable bonds is 4. The summed E-state index contributed by atoms with van der Waals surface area (Å²) in [4.78, 5) is 2.64. The number of hydrogen-bond acceptors (Lipinski definition) is 3. The van der Waals surface area contributed by atoms with Crippen LogP contribution in [0.5, 0.6) is 0 Å². The van der Waals surface area contributed by atoms with Crippen LogP contribution in [0.25, 0.3) is 0 Å². The minimum absolute atomic E-state index is 0.0589. The molecule has 1 aliphatic heterocycles. The summed E-state index contributed by atoms with van der Waals surface area (Å²) in [6, 6.07) is 11.9. The molecule has 3 nitrogen and oxygen atoms in total. The molecular formula is C15H23N3. The Balaban J connectivity index is 1.75. The van der Waals surface area contributed by atoms with E-state index in [9.17, 15) is 0 Å². The molecule has 1 heterocycles. The maximum absolute atomic E-state index is 6.07. The lowest BCUT2D eigenvalue weighted by molar-refractivity contribution is 0.252. The molecule has 3 N–H and O–H groups in total. The average molecular weight is 245 g/mol. The van der Waals surface area contributed by atoms with E-state index in [0.717, 1.165) is 19.0 Å². The van der Waals surface area contributed by atoms with Crippen molar-refractivity contribution >= 4 is 5.69 Å². The Bertz CT molecular complexity index is 401. The van der Waals surface area contributed by atoms with E-state index >= 15 is 0 Å². The van der Waals surface area contributed by atoms with Crippen LogP contribution in [0.2, 0.25) is 0 Å². The molecule has 0 amide bonds. The van der Waals surface area contributed by atoms with Crippen molar-refractivity contribution in [3.63, 3.8) is 0 Å². The van der Waals surface area contributed by atoms with Gasteiger partial charge in [0.15, 0.2) is 0 Å². The van der Waals surface area contributed by atoms with Gasteiger partial charge in [-0.1, -0.05) is 18.2 Å². The molecule has 1 aromatic carbocycles. The van der Waals surface area contributed by atoms with Crippen molar-refractivity contribution in [3.8, 4) is 0 Å². The standard InChI is InChI=1S/C15H23N3/c1-12-9-15(10-16,11-18(12)14-7-8-14)17-13-5-3-2-4-6-13/h2-6,12,14,17H,7-11,16H2,1H3. The Hall–Kier alpha value is -1.06. The van der Waals surface area contributed by atoms with Crippen LogP contribution in [0.15, 0.2) is 30.3 Å². The zero-order chi connectivity index (χ0) is 12.6. The number of nitrogens with one attached hydrogen (secondary N) is 1. The van der Waals surface area contributed by atoms with E-state index in [1.54, 1.807) is 0 Å². The summed E-state index contributed by atoms with van der Waals surface area (Å²) >= 11 is 0. The van der Waals surface area contributed by atoms with Gasteiger partial charge in [0.2, 0.25) is 0 Å². The van der Waals surface area contributed by atoms with E-state index in [0.29, 0.717) is 12.6 Å². The van der Waals surface area contributed by atoms with Gasteiger partial charge in [-0.3, -0.25) is 4.90 Å². The first-order valence-electron chi connectivity index (χ1n) is 7.01. The molecule has 18 heavy (non-hydrogen) atoms. The average Bonchev–Trinajstić information content (AvgIpc) is 3.17. The number of anilines is 1. The van der Waals surface area contributed by atoms with Crippen LogP contribution in [-0.2, 0) is 0 Å². The van der Waals surface area contributed by atoms with Crippen molar-refractivity contribution < 1.29 is 0 Å². The van der Waals surface area contributed by atoms with E-state index in [4.69, 9.17) is 5.73 Å². The second-order valence-electron chi connectivity index (χ2n) is 5.93. The van der Waals surface area contributed by atoms with Crippen LogP contribution in [0, 0.1) is 0 Å². The molecule has 1 aliphatic carbocycles. The summed E-state index contributed by atoms with van der Waals surface area (Å²) < 4.78 is 0. The summed E-state index contributed by atoms with van der Waals surface area (Å²) in [5.41, 5.74) is 7.32. The van der Waals surface area contributed by atoms with Crippen LogP contribution < -0.4 is 11.1 Å². The normalized spacial score (nSPS) is 32.7. The summed E-state index contributed by atoms with van der Waals surface area (Å²) in [6.45, 7) is 4.13. The molecular weight excluding hydrogens is 222 g/mol. The summed E-state index contributed by atoms with van der Waals surface area (Å²) in [5.74, 6) is 0. The van der Waals surface area contributed by atoms with Gasteiger partial charge in [0.05, 0.1) is 5.54 Å². The van der Waals surface area contributed by atoms with E-state index < -0.39 is 0 Å². The molecule has 2 aliphatic rings. The first-order valence-corrected chi connectivity index (χ1v) is 7.01. The maximum Gasteiger partial charge on any atom is 0.0637 e. The zero-order valence-electron chi connectivity index (χ0n) is 11.1. The van der Waals surface area contributed by atoms with Crippen molar-refractivity contribution in [2.45, 2.75) is 43.8 Å². The number of benzene rings is 1. The van der Waals surface area contributed by atoms with Gasteiger partial charge in [-0.05, 0) is 38.3 Å². The predicted octanol–water partition coefficient (Wildman–Crippen LogP) is 2.05. The van der Waals surface area contributed by atoms with E-state index in [-0.39, 0.29) is 5.54 Å². The summed E-state index contributed by atoms with van der Waals surface area (Å²) in [7, 11) is 0. The number of likely N-dealkylation sites (tertiary alicyclic amines) is 1. The van der Waals surface area contributed by atoms with Crippen LogP contribution in [0.1, 0.15) is 26.2 Å². The summed E-state index contributed by atoms with van der Waals surface area (Å²) in [6.07, 6.45) is 3.89. The van der Waals surface area contributed by atoms with Gasteiger partial charge in [-0.2, -0.15) is 0 Å². The van der Waals surface area contributed by atoms with Crippen LogP contribution in [0.4, 0.5) is 5.69 Å². The van der Waals surface area contributed by atoms with Gasteiger partial charge < -0.3 is 11.1 Å². The molecule has 0 aromatic heterocycles. The largest absolute Gasteiger partial charge is 0.377 e. The molecule has 2 unspecified atom stereocenters. The zero-order valence-corrected chi connectivity index (χ0v) is 11.1. The van der Waals surface area contributed by atoms with Crippen molar-refractivity contribution in [3.05, 3.63) is 30.3 Å². The molecule has 0 radical (unpaired) electrons. The highest BCUT2D eigenvalue weighted by Gasteiger charge is 2.46. The molecule has 3 heteroatoms. The lowest BCUT2D eigenvalue weighted by Gasteiger charge is -2.30. The number of hydrogen-bond donors (Lipinski definition) is 2. The first kappa shape index (κ1) is 12.0. The van der Waals surface area contributed by atoms with Crippen LogP contribution in [0.3, 0.4) is 0 Å². The van der Waals surface area contributed by atoms with E-state index in [1.807, 2.05) is 6.07 Å². The second-order valence-corrected chi connectivity index (χ2v) is 5.93. The molecule has 0 spiro atoms. The molecule has 2 fully saturated rings. The minimum Gasteiger partial charge on any atom is -0.377 e. The fraction of sp³-hybridized carbons (Fsp3) is 0.600. The van der Waals surface area contributed by atoms with Crippen molar-refractivity contribution in [1.29, 1.82) is 0 Å².